The summed E-state index contributed by atoms with van der Waals surface area (Å²) in [7, 11) is 0. The van der Waals surface area contributed by atoms with E-state index in [2.05, 4.69) is 56.4 Å². The first-order valence-corrected chi connectivity index (χ1v) is 7.13. The molecular formula is C17H25N. The predicted molar refractivity (Wildman–Crippen MR) is 79.7 cm³/mol. The summed E-state index contributed by atoms with van der Waals surface area (Å²) in [6, 6.07) is 6.53. The number of benzene rings is 1. The smallest absolute Gasteiger partial charge is 0.00461 e. The Hall–Kier alpha value is -1.08. The van der Waals surface area contributed by atoms with Gasteiger partial charge in [0, 0.05) is 0 Å². The highest BCUT2D eigenvalue weighted by Crippen LogP contribution is 2.24. The summed E-state index contributed by atoms with van der Waals surface area (Å²) in [4.78, 5) is 0. The zero-order valence-corrected chi connectivity index (χ0v) is 11.9. The molecule has 1 aromatic carbocycles. The molecule has 0 saturated carbocycles. The molecule has 0 amide bonds. The molecular weight excluding hydrogens is 218 g/mol. The lowest BCUT2D eigenvalue weighted by Crippen LogP contribution is -2.30. The van der Waals surface area contributed by atoms with Gasteiger partial charge in [-0.05, 0) is 68.3 Å². The highest BCUT2D eigenvalue weighted by atomic mass is 14.9. The first kappa shape index (κ1) is 13.4. The molecule has 1 nitrogen and oxygen atoms in total. The van der Waals surface area contributed by atoms with Gasteiger partial charge < -0.3 is 5.32 Å². The molecule has 18 heavy (non-hydrogen) atoms. The average molecular weight is 243 g/mol. The summed E-state index contributed by atoms with van der Waals surface area (Å²) in [5, 5.41) is 3.44. The molecule has 0 bridgehead atoms. The number of hydrogen-bond acceptors (Lipinski definition) is 1. The Morgan fingerprint density at radius 2 is 1.78 bits per heavy atom. The topological polar surface area (TPSA) is 12.0 Å². The summed E-state index contributed by atoms with van der Waals surface area (Å²) in [6.07, 6.45) is 7.37. The second-order valence-electron chi connectivity index (χ2n) is 5.61. The molecule has 98 valence electrons. The van der Waals surface area contributed by atoms with Gasteiger partial charge in [-0.25, -0.2) is 0 Å². The number of aryl methyl sites for hydroxylation is 2. The Labute approximate surface area is 111 Å². The molecule has 1 heterocycles. The maximum atomic E-state index is 3.44. The van der Waals surface area contributed by atoms with Gasteiger partial charge >= 0.3 is 0 Å². The number of nitrogens with one attached hydrogen (secondary N) is 1. The first-order valence-electron chi connectivity index (χ1n) is 7.13. The Balaban J connectivity index is 2.05. The van der Waals surface area contributed by atoms with Gasteiger partial charge in [0.1, 0.15) is 0 Å². The van der Waals surface area contributed by atoms with Crippen LogP contribution in [0.25, 0.3) is 6.08 Å². The molecule has 1 heteroatoms. The highest BCUT2D eigenvalue weighted by Gasteiger charge is 2.17. The molecule has 2 rings (SSSR count). The summed E-state index contributed by atoms with van der Waals surface area (Å²) >= 11 is 0. The summed E-state index contributed by atoms with van der Waals surface area (Å²) in [5.41, 5.74) is 4.16. The minimum absolute atomic E-state index is 0.686. The van der Waals surface area contributed by atoms with Crippen LogP contribution in [0.4, 0.5) is 0 Å². The van der Waals surface area contributed by atoms with Crippen LogP contribution in [0.2, 0.25) is 0 Å². The van der Waals surface area contributed by atoms with E-state index in [-0.39, 0.29) is 0 Å². The average Bonchev–Trinajstić information content (AvgIpc) is 2.39. The van der Waals surface area contributed by atoms with E-state index >= 15 is 0 Å². The minimum atomic E-state index is 0.686. The van der Waals surface area contributed by atoms with E-state index in [9.17, 15) is 0 Å². The van der Waals surface area contributed by atoms with Gasteiger partial charge in [0.2, 0.25) is 0 Å². The Morgan fingerprint density at radius 1 is 1.17 bits per heavy atom. The lowest BCUT2D eigenvalue weighted by molar-refractivity contribution is 0.314. The second-order valence-corrected chi connectivity index (χ2v) is 5.61. The Bertz CT molecular complexity index is 393. The highest BCUT2D eigenvalue weighted by molar-refractivity contribution is 5.57. The van der Waals surface area contributed by atoms with Crippen LogP contribution >= 0.6 is 0 Å². The zero-order valence-electron chi connectivity index (χ0n) is 11.9. The van der Waals surface area contributed by atoms with Crippen LogP contribution in [0.5, 0.6) is 0 Å². The molecule has 1 atom stereocenters. The number of piperidine rings is 1. The molecule has 0 aliphatic carbocycles. The van der Waals surface area contributed by atoms with E-state index in [0.717, 1.165) is 5.92 Å². The first-order chi connectivity index (χ1) is 8.68. The van der Waals surface area contributed by atoms with E-state index in [4.69, 9.17) is 0 Å². The van der Waals surface area contributed by atoms with Gasteiger partial charge in [-0.1, -0.05) is 37.3 Å². The van der Waals surface area contributed by atoms with Crippen molar-refractivity contribution >= 4 is 6.08 Å². The second kappa shape index (κ2) is 6.19. The van der Waals surface area contributed by atoms with Crippen LogP contribution in [-0.4, -0.2) is 13.1 Å². The van der Waals surface area contributed by atoms with Crippen molar-refractivity contribution in [1.82, 2.24) is 5.32 Å². The van der Waals surface area contributed by atoms with Gasteiger partial charge in [0.15, 0.2) is 0 Å². The molecule has 1 saturated heterocycles. The quantitative estimate of drug-likeness (QED) is 0.847. The van der Waals surface area contributed by atoms with Gasteiger partial charge in [0.25, 0.3) is 0 Å². The fourth-order valence-electron chi connectivity index (χ4n) is 2.87. The summed E-state index contributed by atoms with van der Waals surface area (Å²) < 4.78 is 0. The normalized spacial score (nSPS) is 19.3. The van der Waals surface area contributed by atoms with E-state index in [0.29, 0.717) is 5.92 Å². The molecule has 1 aromatic rings. The van der Waals surface area contributed by atoms with Crippen molar-refractivity contribution in [2.24, 2.45) is 11.8 Å². The Kier molecular flexibility index (Phi) is 4.60. The van der Waals surface area contributed by atoms with Gasteiger partial charge in [0.05, 0.1) is 0 Å². The van der Waals surface area contributed by atoms with Crippen molar-refractivity contribution in [3.05, 3.63) is 41.0 Å². The molecule has 1 fully saturated rings. The van der Waals surface area contributed by atoms with Crippen molar-refractivity contribution in [3.63, 3.8) is 0 Å². The maximum absolute atomic E-state index is 3.44. The van der Waals surface area contributed by atoms with Crippen LogP contribution in [-0.2, 0) is 0 Å². The summed E-state index contributed by atoms with van der Waals surface area (Å²) in [5.74, 6) is 1.54. The molecule has 1 aliphatic heterocycles. The standard InChI is InChI=1S/C17H25N/c1-13(16-9-11-18-12-10-16)7-8-17-14(2)5-4-6-15(17)3/h4-8,13,16,18H,9-12H2,1-3H3. The van der Waals surface area contributed by atoms with E-state index in [1.807, 2.05) is 0 Å². The molecule has 1 N–H and O–H groups in total. The van der Waals surface area contributed by atoms with Crippen LogP contribution in [0.15, 0.2) is 24.3 Å². The molecule has 0 spiro atoms. The third-order valence-electron chi connectivity index (χ3n) is 4.24. The van der Waals surface area contributed by atoms with Crippen molar-refractivity contribution in [1.29, 1.82) is 0 Å². The maximum Gasteiger partial charge on any atom is -0.00461 e. The van der Waals surface area contributed by atoms with Crippen molar-refractivity contribution in [2.75, 3.05) is 13.1 Å². The van der Waals surface area contributed by atoms with Crippen LogP contribution in [0.3, 0.4) is 0 Å². The van der Waals surface area contributed by atoms with E-state index < -0.39 is 0 Å². The lowest BCUT2D eigenvalue weighted by Gasteiger charge is -2.26. The minimum Gasteiger partial charge on any atom is -0.317 e. The summed E-state index contributed by atoms with van der Waals surface area (Å²) in [6.45, 7) is 9.13. The van der Waals surface area contributed by atoms with Crippen LogP contribution < -0.4 is 5.32 Å². The monoisotopic (exact) mass is 243 g/mol. The zero-order chi connectivity index (χ0) is 13.0. The van der Waals surface area contributed by atoms with Crippen molar-refractivity contribution in [3.8, 4) is 0 Å². The third-order valence-corrected chi connectivity index (χ3v) is 4.24. The van der Waals surface area contributed by atoms with Gasteiger partial charge in [-0.2, -0.15) is 0 Å². The fraction of sp³-hybridized carbons (Fsp3) is 0.529. The Morgan fingerprint density at radius 3 is 2.39 bits per heavy atom. The lowest BCUT2D eigenvalue weighted by atomic mass is 9.85. The third kappa shape index (κ3) is 3.23. The molecule has 1 unspecified atom stereocenters. The van der Waals surface area contributed by atoms with Gasteiger partial charge in [-0.3, -0.25) is 0 Å². The molecule has 0 radical (unpaired) electrons. The van der Waals surface area contributed by atoms with Crippen molar-refractivity contribution < 1.29 is 0 Å². The molecule has 0 aromatic heterocycles. The van der Waals surface area contributed by atoms with Crippen LogP contribution in [0, 0.1) is 25.7 Å². The van der Waals surface area contributed by atoms with Gasteiger partial charge in [-0.15, -0.1) is 0 Å². The van der Waals surface area contributed by atoms with Crippen LogP contribution in [0.1, 0.15) is 36.5 Å². The fourth-order valence-corrected chi connectivity index (χ4v) is 2.87. The molecule has 1 aliphatic rings. The van der Waals surface area contributed by atoms with E-state index in [1.54, 1.807) is 0 Å². The number of hydrogen-bond donors (Lipinski definition) is 1. The van der Waals surface area contributed by atoms with Crippen molar-refractivity contribution in [2.45, 2.75) is 33.6 Å². The van der Waals surface area contributed by atoms with E-state index in [1.165, 1.54) is 42.6 Å². The SMILES string of the molecule is Cc1cccc(C)c1C=CC(C)C1CCNCC1. The largest absolute Gasteiger partial charge is 0.317 e. The predicted octanol–water partition coefficient (Wildman–Crippen LogP) is 3.95. The number of allylic oxidation sites excluding steroid dienone is 1. The number of rotatable bonds is 3.